The standard InChI is InChI=1S/C18H20F2N2O2/c1-9-16(12(4)23)10(2)21-17(9)18(24)22(5)11(3)13-6-7-14(19)15(20)8-13/h6-8,11,21H,1-5H3. The molecule has 6 heteroatoms. The fourth-order valence-electron chi connectivity index (χ4n) is 2.84. The van der Waals surface area contributed by atoms with Crippen molar-refractivity contribution in [3.05, 3.63) is 57.9 Å². The number of carbonyl (C=O) groups is 2. The molecular weight excluding hydrogens is 314 g/mol. The van der Waals surface area contributed by atoms with Crippen LogP contribution < -0.4 is 0 Å². The van der Waals surface area contributed by atoms with E-state index in [4.69, 9.17) is 0 Å². The Morgan fingerprint density at radius 1 is 1.17 bits per heavy atom. The van der Waals surface area contributed by atoms with E-state index in [-0.39, 0.29) is 11.7 Å². The van der Waals surface area contributed by atoms with E-state index in [0.29, 0.717) is 28.1 Å². The molecule has 0 aliphatic carbocycles. The minimum absolute atomic E-state index is 0.114. The summed E-state index contributed by atoms with van der Waals surface area (Å²) in [4.78, 5) is 28.8. The van der Waals surface area contributed by atoms with Crippen LogP contribution in [0.1, 0.15) is 57.6 Å². The van der Waals surface area contributed by atoms with Crippen molar-refractivity contribution in [1.29, 1.82) is 0 Å². The largest absolute Gasteiger partial charge is 0.354 e. The number of nitrogens with zero attached hydrogens (tertiary/aromatic N) is 1. The van der Waals surface area contributed by atoms with Gasteiger partial charge in [0.2, 0.25) is 0 Å². The van der Waals surface area contributed by atoms with E-state index in [1.54, 1.807) is 27.8 Å². The van der Waals surface area contributed by atoms with E-state index in [1.807, 2.05) is 0 Å². The van der Waals surface area contributed by atoms with Gasteiger partial charge >= 0.3 is 0 Å². The number of amides is 1. The van der Waals surface area contributed by atoms with Gasteiger partial charge in [-0.05, 0) is 51.0 Å². The zero-order chi connectivity index (χ0) is 18.2. The predicted molar refractivity (Wildman–Crippen MR) is 87.1 cm³/mol. The maximum atomic E-state index is 13.4. The summed E-state index contributed by atoms with van der Waals surface area (Å²) in [7, 11) is 1.58. The summed E-state index contributed by atoms with van der Waals surface area (Å²) in [6.45, 7) is 6.62. The molecule has 24 heavy (non-hydrogen) atoms. The topological polar surface area (TPSA) is 53.2 Å². The summed E-state index contributed by atoms with van der Waals surface area (Å²) < 4.78 is 26.5. The van der Waals surface area contributed by atoms with Gasteiger partial charge in [-0.15, -0.1) is 0 Å². The molecule has 2 aromatic rings. The number of aryl methyl sites for hydroxylation is 1. The Hall–Kier alpha value is -2.50. The van der Waals surface area contributed by atoms with Crippen LogP contribution >= 0.6 is 0 Å². The lowest BCUT2D eigenvalue weighted by Gasteiger charge is -2.25. The van der Waals surface area contributed by atoms with E-state index in [9.17, 15) is 18.4 Å². The molecule has 0 saturated carbocycles. The number of aromatic nitrogens is 1. The lowest BCUT2D eigenvalue weighted by atomic mass is 10.0. The normalized spacial score (nSPS) is 12.1. The van der Waals surface area contributed by atoms with Crippen LogP contribution in [-0.2, 0) is 0 Å². The maximum Gasteiger partial charge on any atom is 0.270 e. The van der Waals surface area contributed by atoms with Crippen LogP contribution in [0.25, 0.3) is 0 Å². The van der Waals surface area contributed by atoms with E-state index in [0.717, 1.165) is 12.1 Å². The molecule has 1 aromatic carbocycles. The minimum Gasteiger partial charge on any atom is -0.354 e. The van der Waals surface area contributed by atoms with Crippen molar-refractivity contribution >= 4 is 11.7 Å². The highest BCUT2D eigenvalue weighted by Gasteiger charge is 2.25. The number of benzene rings is 1. The summed E-state index contributed by atoms with van der Waals surface area (Å²) in [6.07, 6.45) is 0. The fraction of sp³-hybridized carbons (Fsp3) is 0.333. The molecule has 128 valence electrons. The monoisotopic (exact) mass is 334 g/mol. The number of carbonyl (C=O) groups excluding carboxylic acids is 2. The molecule has 0 aliphatic rings. The second-order valence-corrected chi connectivity index (χ2v) is 5.95. The fourth-order valence-corrected chi connectivity index (χ4v) is 2.84. The molecule has 0 radical (unpaired) electrons. The van der Waals surface area contributed by atoms with E-state index in [2.05, 4.69) is 4.98 Å². The average Bonchev–Trinajstić information content (AvgIpc) is 2.82. The molecule has 1 atom stereocenters. The van der Waals surface area contributed by atoms with Crippen molar-refractivity contribution in [3.63, 3.8) is 0 Å². The lowest BCUT2D eigenvalue weighted by molar-refractivity contribution is 0.0736. The van der Waals surface area contributed by atoms with Crippen LogP contribution in [-0.4, -0.2) is 28.6 Å². The molecule has 1 aromatic heterocycles. The number of hydrogen-bond donors (Lipinski definition) is 1. The molecule has 2 rings (SSSR count). The van der Waals surface area contributed by atoms with E-state index >= 15 is 0 Å². The van der Waals surface area contributed by atoms with Crippen molar-refractivity contribution < 1.29 is 18.4 Å². The van der Waals surface area contributed by atoms with Crippen molar-refractivity contribution in [2.24, 2.45) is 0 Å². The summed E-state index contributed by atoms with van der Waals surface area (Å²) in [6, 6.07) is 3.10. The Balaban J connectivity index is 2.34. The number of aromatic amines is 1. The third-order valence-electron chi connectivity index (χ3n) is 4.33. The molecular formula is C18H20F2N2O2. The first-order valence-corrected chi connectivity index (χ1v) is 7.57. The third-order valence-corrected chi connectivity index (χ3v) is 4.33. The van der Waals surface area contributed by atoms with Gasteiger partial charge < -0.3 is 9.88 Å². The van der Waals surface area contributed by atoms with Gasteiger partial charge in [0.05, 0.1) is 6.04 Å². The molecule has 1 heterocycles. The Labute approximate surface area is 139 Å². The number of Topliss-reactive ketones (excluding diaryl/α,β-unsaturated/α-hetero) is 1. The van der Waals surface area contributed by atoms with Gasteiger partial charge in [0.25, 0.3) is 5.91 Å². The lowest BCUT2D eigenvalue weighted by Crippen LogP contribution is -2.30. The molecule has 1 amide bonds. The summed E-state index contributed by atoms with van der Waals surface area (Å²) in [5, 5.41) is 0. The van der Waals surface area contributed by atoms with Gasteiger partial charge in [-0.25, -0.2) is 8.78 Å². The first kappa shape index (κ1) is 17.8. The molecule has 0 bridgehead atoms. The van der Waals surface area contributed by atoms with Crippen LogP contribution in [0.4, 0.5) is 8.78 Å². The Morgan fingerprint density at radius 2 is 1.79 bits per heavy atom. The second-order valence-electron chi connectivity index (χ2n) is 5.95. The Bertz CT molecular complexity index is 812. The smallest absolute Gasteiger partial charge is 0.270 e. The molecule has 4 nitrogen and oxygen atoms in total. The molecule has 0 saturated heterocycles. The van der Waals surface area contributed by atoms with Crippen LogP contribution in [0.2, 0.25) is 0 Å². The molecule has 1 unspecified atom stereocenters. The molecule has 0 fully saturated rings. The quantitative estimate of drug-likeness (QED) is 0.861. The average molecular weight is 334 g/mol. The number of ketones is 1. The molecule has 0 aliphatic heterocycles. The number of nitrogens with one attached hydrogen (secondary N) is 1. The van der Waals surface area contributed by atoms with Gasteiger partial charge in [0.15, 0.2) is 17.4 Å². The van der Waals surface area contributed by atoms with Crippen molar-refractivity contribution in [2.75, 3.05) is 7.05 Å². The SMILES string of the molecule is CC(=O)c1c(C)[nH]c(C(=O)N(C)C(C)c2ccc(F)c(F)c2)c1C. The zero-order valence-corrected chi connectivity index (χ0v) is 14.3. The van der Waals surface area contributed by atoms with Crippen molar-refractivity contribution in [3.8, 4) is 0 Å². The van der Waals surface area contributed by atoms with Crippen LogP contribution in [0.15, 0.2) is 18.2 Å². The first-order chi connectivity index (χ1) is 11.1. The van der Waals surface area contributed by atoms with E-state index < -0.39 is 17.7 Å². The van der Waals surface area contributed by atoms with Gasteiger partial charge in [-0.2, -0.15) is 0 Å². The van der Waals surface area contributed by atoms with Gasteiger partial charge in [0, 0.05) is 18.3 Å². The minimum atomic E-state index is -0.953. The summed E-state index contributed by atoms with van der Waals surface area (Å²) >= 11 is 0. The number of rotatable bonds is 4. The zero-order valence-electron chi connectivity index (χ0n) is 14.3. The van der Waals surface area contributed by atoms with Gasteiger partial charge in [0.1, 0.15) is 5.69 Å². The Kier molecular flexibility index (Phi) is 4.87. The highest BCUT2D eigenvalue weighted by atomic mass is 19.2. The Morgan fingerprint density at radius 3 is 2.29 bits per heavy atom. The number of halogens is 2. The number of hydrogen-bond acceptors (Lipinski definition) is 2. The van der Waals surface area contributed by atoms with Crippen LogP contribution in [0.3, 0.4) is 0 Å². The highest BCUT2D eigenvalue weighted by molar-refractivity contribution is 6.02. The van der Waals surface area contributed by atoms with Crippen LogP contribution in [0, 0.1) is 25.5 Å². The maximum absolute atomic E-state index is 13.4. The van der Waals surface area contributed by atoms with Crippen LogP contribution in [0.5, 0.6) is 0 Å². The third kappa shape index (κ3) is 3.09. The second kappa shape index (κ2) is 6.55. The predicted octanol–water partition coefficient (Wildman–Crippen LogP) is 3.95. The first-order valence-electron chi connectivity index (χ1n) is 7.57. The molecule has 0 spiro atoms. The summed E-state index contributed by atoms with van der Waals surface area (Å²) in [5.41, 5.74) is 2.55. The van der Waals surface area contributed by atoms with Crippen molar-refractivity contribution in [1.82, 2.24) is 9.88 Å². The van der Waals surface area contributed by atoms with E-state index in [1.165, 1.54) is 17.9 Å². The van der Waals surface area contributed by atoms with Gasteiger partial charge in [-0.3, -0.25) is 9.59 Å². The summed E-state index contributed by atoms with van der Waals surface area (Å²) in [5.74, 6) is -2.32. The highest BCUT2D eigenvalue weighted by Crippen LogP contribution is 2.25. The van der Waals surface area contributed by atoms with Gasteiger partial charge in [-0.1, -0.05) is 6.07 Å². The number of H-pyrrole nitrogens is 1. The molecule has 1 N–H and O–H groups in total. The van der Waals surface area contributed by atoms with Crippen molar-refractivity contribution in [2.45, 2.75) is 33.7 Å².